The van der Waals surface area contributed by atoms with Crippen molar-refractivity contribution in [2.75, 3.05) is 32.7 Å². The van der Waals surface area contributed by atoms with Crippen LogP contribution in [0.3, 0.4) is 0 Å². The number of rotatable bonds is 31. The molecule has 0 radical (unpaired) electrons. The van der Waals surface area contributed by atoms with Crippen molar-refractivity contribution in [3.63, 3.8) is 0 Å². The van der Waals surface area contributed by atoms with Crippen LogP contribution < -0.4 is 15.1 Å². The average molecular weight is 1230 g/mol. The van der Waals surface area contributed by atoms with E-state index < -0.39 is 86.5 Å². The van der Waals surface area contributed by atoms with Crippen LogP contribution in [0.1, 0.15) is 114 Å². The van der Waals surface area contributed by atoms with Crippen molar-refractivity contribution in [2.45, 2.75) is 171 Å². The van der Waals surface area contributed by atoms with E-state index in [0.717, 1.165) is 57.5 Å². The predicted octanol–water partition coefficient (Wildman–Crippen LogP) is 14.5. The van der Waals surface area contributed by atoms with Crippen molar-refractivity contribution in [1.29, 1.82) is 0 Å². The van der Waals surface area contributed by atoms with Gasteiger partial charge < -0.3 is 56.5 Å². The first kappa shape index (κ1) is 65.4. The highest BCUT2D eigenvalue weighted by atomic mass is 32.2. The lowest BCUT2D eigenvalue weighted by Gasteiger charge is -2.54. The normalized spacial score (nSPS) is 24.3. The topological polar surface area (TPSA) is 111 Å². The molecule has 0 amide bonds. The van der Waals surface area contributed by atoms with Crippen LogP contribution in [0.5, 0.6) is 5.75 Å². The number of ether oxygens (including phenoxy) is 11. The van der Waals surface area contributed by atoms with E-state index in [-0.39, 0.29) is 26.4 Å². The van der Waals surface area contributed by atoms with Gasteiger partial charge in [0.15, 0.2) is 18.9 Å². The molecule has 468 valence electrons. The Morgan fingerprint density at radius 1 is 0.534 bits per heavy atom. The Kier molecular flexibility index (Phi) is 24.5. The molecule has 3 saturated heterocycles. The van der Waals surface area contributed by atoms with Gasteiger partial charge in [0, 0.05) is 17.7 Å². The molecule has 3 aliphatic heterocycles. The molecule has 7 aromatic carbocycles. The van der Waals surface area contributed by atoms with Crippen LogP contribution in [0, 0.1) is 0 Å². The maximum atomic E-state index is 8.38. The third kappa shape index (κ3) is 16.9. The molecule has 0 spiro atoms. The molecule has 12 atom stereocenters. The van der Waals surface area contributed by atoms with Crippen LogP contribution >= 0.6 is 11.8 Å². The van der Waals surface area contributed by atoms with Crippen molar-refractivity contribution < 1.29 is 56.5 Å². The minimum absolute atomic E-state index is 0.126. The van der Waals surface area contributed by atoms with Gasteiger partial charge in [0.25, 0.3) is 8.32 Å². The van der Waals surface area contributed by atoms with Crippen LogP contribution in [0.4, 0.5) is 0 Å². The van der Waals surface area contributed by atoms with Gasteiger partial charge in [0.1, 0.15) is 60.0 Å². The van der Waals surface area contributed by atoms with Crippen molar-refractivity contribution in [3.8, 4) is 5.75 Å². The summed E-state index contributed by atoms with van der Waals surface area (Å²) >= 11 is 1.66. The molecule has 0 saturated carbocycles. The molecule has 3 fully saturated rings. The first-order chi connectivity index (χ1) is 43.1. The van der Waals surface area contributed by atoms with Crippen LogP contribution in [0.25, 0.3) is 0 Å². The average Bonchev–Trinajstić information content (AvgIpc) is 0.926. The van der Waals surface area contributed by atoms with E-state index in [2.05, 4.69) is 132 Å². The van der Waals surface area contributed by atoms with Gasteiger partial charge in [-0.3, -0.25) is 0 Å². The second-order valence-electron chi connectivity index (χ2n) is 23.9. The van der Waals surface area contributed by atoms with Crippen LogP contribution in [-0.2, 0) is 71.6 Å². The predicted molar refractivity (Wildman–Crippen MR) is 349 cm³/mol. The van der Waals surface area contributed by atoms with Crippen LogP contribution in [0.15, 0.2) is 206 Å². The molecule has 3 aliphatic rings. The van der Waals surface area contributed by atoms with Gasteiger partial charge in [-0.05, 0) is 56.4 Å². The summed E-state index contributed by atoms with van der Waals surface area (Å²) in [5.41, 5.74) is 4.04. The fourth-order valence-corrected chi connectivity index (χ4v) is 17.8. The lowest BCUT2D eigenvalue weighted by atomic mass is 9.97. The van der Waals surface area contributed by atoms with Gasteiger partial charge in [-0.1, -0.05) is 261 Å². The highest BCUT2D eigenvalue weighted by Crippen LogP contribution is 2.46. The first-order valence-electron chi connectivity index (χ1n) is 31.7. The fourth-order valence-electron chi connectivity index (χ4n) is 12.2. The number of unbranched alkanes of at least 4 members (excludes halogenated alkanes) is 5. The van der Waals surface area contributed by atoms with Gasteiger partial charge in [-0.15, -0.1) is 11.8 Å². The summed E-state index contributed by atoms with van der Waals surface area (Å²) in [5.74, 6) is 1.39. The largest absolute Gasteiger partial charge is 0.497 e. The third-order valence-corrected chi connectivity index (χ3v) is 22.8. The molecular formula is C74H90O12SSi. The number of thioether (sulfide) groups is 1. The zero-order valence-electron chi connectivity index (χ0n) is 52.1. The van der Waals surface area contributed by atoms with Gasteiger partial charge in [-0.2, -0.15) is 0 Å². The summed E-state index contributed by atoms with van der Waals surface area (Å²) in [7, 11) is -1.72. The smallest absolute Gasteiger partial charge is 0.261 e. The highest BCUT2D eigenvalue weighted by molar-refractivity contribution is 7.99. The second kappa shape index (κ2) is 33.0. The summed E-state index contributed by atoms with van der Waals surface area (Å²) in [6.45, 7) is 13.0. The molecule has 12 nitrogen and oxygen atoms in total. The van der Waals surface area contributed by atoms with E-state index >= 15 is 0 Å². The standard InChI is InChI=1S/C74H90O12SSi/c1-7-9-10-11-12-31-48-77-72-68(79-51-56-36-23-15-24-37-56)66(78-50-55-34-21-14-22-35-55)64(62(81-72)52-76-49-54-32-19-13-20-33-54)84-71(58-44-46-59(75-6)47-45-58)85-69-67(65-63(82-73(69)87-8-2)53-80-70(83-65)57-38-25-16-26-39-57)86-88(74(3,4)5,60-40-27-17-28-41-60)61-42-29-18-30-43-61/h13-30,32-47,62-73H,7-12,31,48-53H2,1-6H3/t62-,63-,64-,65-,66+,67+,68-,69+,70?,71+,72-,73-/m1/s1. The molecule has 14 heteroatoms. The highest BCUT2D eigenvalue weighted by Gasteiger charge is 2.59. The van der Waals surface area contributed by atoms with E-state index in [1.165, 1.54) is 19.3 Å². The van der Waals surface area contributed by atoms with Crippen molar-refractivity contribution in [2.24, 2.45) is 0 Å². The fraction of sp³-hybridized carbons (Fsp3) is 0.432. The van der Waals surface area contributed by atoms with Gasteiger partial charge in [0.05, 0.1) is 40.1 Å². The van der Waals surface area contributed by atoms with E-state index in [1.54, 1.807) is 18.9 Å². The molecule has 88 heavy (non-hydrogen) atoms. The van der Waals surface area contributed by atoms with E-state index in [1.807, 2.05) is 109 Å². The summed E-state index contributed by atoms with van der Waals surface area (Å²) < 4.78 is 86.5. The maximum absolute atomic E-state index is 8.38. The van der Waals surface area contributed by atoms with Crippen LogP contribution in [0.2, 0.25) is 5.04 Å². The molecular weight excluding hydrogens is 1140 g/mol. The number of hydrogen-bond donors (Lipinski definition) is 0. The Morgan fingerprint density at radius 2 is 1.07 bits per heavy atom. The molecule has 0 bridgehead atoms. The molecule has 0 aliphatic carbocycles. The van der Waals surface area contributed by atoms with Crippen LogP contribution in [-0.4, -0.2) is 102 Å². The number of benzene rings is 7. The summed E-state index contributed by atoms with van der Waals surface area (Å²) in [5, 5.41) is 1.82. The Balaban J connectivity index is 1.11. The summed E-state index contributed by atoms with van der Waals surface area (Å²) in [4.78, 5) is 0. The number of hydrogen-bond acceptors (Lipinski definition) is 13. The first-order valence-corrected chi connectivity index (χ1v) is 34.6. The molecule has 0 N–H and O–H groups in total. The Hall–Kier alpha value is -5.53. The zero-order valence-corrected chi connectivity index (χ0v) is 53.9. The minimum atomic E-state index is -3.39. The summed E-state index contributed by atoms with van der Waals surface area (Å²) in [6, 6.07) is 69.9. The minimum Gasteiger partial charge on any atom is -0.497 e. The van der Waals surface area contributed by atoms with Crippen molar-refractivity contribution >= 4 is 30.5 Å². The Labute approximate surface area is 527 Å². The Bertz CT molecular complexity index is 3020. The van der Waals surface area contributed by atoms with Crippen molar-refractivity contribution in [3.05, 3.63) is 234 Å². The zero-order chi connectivity index (χ0) is 61.0. The second-order valence-corrected chi connectivity index (χ2v) is 29.6. The SMILES string of the molecule is CCCCCCCCO[C@@H]1O[C@H](COCc2ccccc2)[C@@H](O[C@@H](O[C@H]2[C@@H](O[Si](c3ccccc3)(c3ccccc3)C(C)(C)C)[C@@H]3OC(c4ccccc4)OC[C@H]3O[C@@H]2SCC)c2ccc(OC)cc2)[C@H](OCc2ccccc2)[C@H]1OCc1ccccc1. The third-order valence-electron chi connectivity index (χ3n) is 16.7. The molecule has 7 aromatic rings. The molecule has 0 aromatic heterocycles. The van der Waals surface area contributed by atoms with E-state index in [4.69, 9.17) is 56.5 Å². The lowest BCUT2D eigenvalue weighted by Crippen LogP contribution is -2.72. The Morgan fingerprint density at radius 3 is 1.64 bits per heavy atom. The van der Waals surface area contributed by atoms with Gasteiger partial charge >= 0.3 is 0 Å². The monoisotopic (exact) mass is 1230 g/mol. The van der Waals surface area contributed by atoms with E-state index in [0.29, 0.717) is 24.7 Å². The van der Waals surface area contributed by atoms with Crippen molar-refractivity contribution in [1.82, 2.24) is 0 Å². The summed E-state index contributed by atoms with van der Waals surface area (Å²) in [6.07, 6.45) is -2.04. The number of methoxy groups -OCH3 is 1. The van der Waals surface area contributed by atoms with Gasteiger partial charge in [0.2, 0.25) is 0 Å². The molecule has 10 rings (SSSR count). The van der Waals surface area contributed by atoms with E-state index in [9.17, 15) is 0 Å². The lowest BCUT2D eigenvalue weighted by molar-refractivity contribution is -0.361. The van der Waals surface area contributed by atoms with Gasteiger partial charge in [-0.25, -0.2) is 0 Å². The molecule has 3 heterocycles. The quantitative estimate of drug-likeness (QED) is 0.0234. The number of fused-ring (bicyclic) bond motifs is 1. The maximum Gasteiger partial charge on any atom is 0.261 e. The molecule has 1 unspecified atom stereocenters.